The van der Waals surface area contributed by atoms with Gasteiger partial charge in [-0.25, -0.2) is 4.21 Å². The van der Waals surface area contributed by atoms with E-state index in [-0.39, 0.29) is 11.2 Å². The first-order valence-electron chi connectivity index (χ1n) is 10.8. The van der Waals surface area contributed by atoms with Crippen LogP contribution in [-0.2, 0) is 20.4 Å². The van der Waals surface area contributed by atoms with E-state index in [0.29, 0.717) is 16.2 Å². The van der Waals surface area contributed by atoms with Crippen LogP contribution in [0.1, 0.15) is 27.7 Å². The van der Waals surface area contributed by atoms with Crippen LogP contribution < -0.4 is 9.65 Å². The van der Waals surface area contributed by atoms with Gasteiger partial charge in [-0.3, -0.25) is 0 Å². The van der Waals surface area contributed by atoms with Gasteiger partial charge in [0.2, 0.25) is 0 Å². The van der Waals surface area contributed by atoms with Crippen LogP contribution in [0.4, 0.5) is 13.2 Å². The second-order valence-electron chi connectivity index (χ2n) is 9.35. The van der Waals surface area contributed by atoms with Crippen molar-refractivity contribution in [2.45, 2.75) is 44.4 Å². The Morgan fingerprint density at radius 2 is 1.21 bits per heavy atom. The second-order valence-corrected chi connectivity index (χ2v) is 10.4. The van der Waals surface area contributed by atoms with Crippen LogP contribution in [0.2, 0.25) is 0 Å². The average molecular weight is 486 g/mol. The highest BCUT2D eigenvalue weighted by Gasteiger charge is 2.53. The van der Waals surface area contributed by atoms with Gasteiger partial charge in [-0.05, 0) is 54.6 Å². The van der Waals surface area contributed by atoms with Crippen molar-refractivity contribution in [1.82, 2.24) is 0 Å². The third-order valence-electron chi connectivity index (χ3n) is 6.75. The molecule has 0 amide bonds. The van der Waals surface area contributed by atoms with Crippen LogP contribution in [0.5, 0.6) is 5.75 Å². The Morgan fingerprint density at radius 1 is 0.765 bits per heavy atom. The summed E-state index contributed by atoms with van der Waals surface area (Å²) in [5, 5.41) is 4.45. The maximum absolute atomic E-state index is 13.4. The molecule has 0 spiro atoms. The molecule has 1 heterocycles. The van der Waals surface area contributed by atoms with Gasteiger partial charge in [0.25, 0.3) is 0 Å². The molecule has 5 rings (SSSR count). The van der Waals surface area contributed by atoms with Gasteiger partial charge in [-0.15, -0.1) is 0 Å². The monoisotopic (exact) mass is 486 g/mol. The molecule has 1 aliphatic heterocycles. The molecule has 0 N–H and O–H groups in total. The van der Waals surface area contributed by atoms with E-state index in [2.05, 4.69) is 0 Å². The Kier molecular flexibility index (Phi) is 5.24. The molecule has 1 saturated heterocycles. The predicted molar refractivity (Wildman–Crippen MR) is 130 cm³/mol. The van der Waals surface area contributed by atoms with Crippen molar-refractivity contribution in [3.05, 3.63) is 60.7 Å². The van der Waals surface area contributed by atoms with Gasteiger partial charge in [0.05, 0.1) is 11.2 Å². The SMILES string of the molecule is CC1(C)OB(c2ccc3c4ccccc4c4ccccc4c3c2OS(=O)C(F)(F)F)OC1(C)C. The zero-order chi connectivity index (χ0) is 24.5. The maximum Gasteiger partial charge on any atom is 0.508 e. The minimum atomic E-state index is -5.05. The number of halogens is 3. The van der Waals surface area contributed by atoms with Crippen LogP contribution in [0.3, 0.4) is 0 Å². The molecule has 0 saturated carbocycles. The Bertz CT molecular complexity index is 1410. The summed E-state index contributed by atoms with van der Waals surface area (Å²) < 4.78 is 69.8. The zero-order valence-electron chi connectivity index (χ0n) is 19.0. The molecule has 1 fully saturated rings. The largest absolute Gasteiger partial charge is 0.508 e. The molecule has 9 heteroatoms. The summed E-state index contributed by atoms with van der Waals surface area (Å²) >= 11 is -3.58. The van der Waals surface area contributed by atoms with Crippen molar-refractivity contribution in [1.29, 1.82) is 0 Å². The van der Waals surface area contributed by atoms with Gasteiger partial charge in [-0.1, -0.05) is 60.7 Å². The van der Waals surface area contributed by atoms with Crippen molar-refractivity contribution in [3.8, 4) is 5.75 Å². The van der Waals surface area contributed by atoms with Crippen LogP contribution in [-0.4, -0.2) is 28.0 Å². The fourth-order valence-corrected chi connectivity index (χ4v) is 4.77. The predicted octanol–water partition coefficient (Wildman–Crippen LogP) is 6.01. The molecular formula is C25H22BF3O4S. The Labute approximate surface area is 197 Å². The van der Waals surface area contributed by atoms with Gasteiger partial charge in [0.1, 0.15) is 5.75 Å². The maximum atomic E-state index is 13.4. The van der Waals surface area contributed by atoms with Crippen molar-refractivity contribution in [2.75, 3.05) is 0 Å². The van der Waals surface area contributed by atoms with Crippen molar-refractivity contribution in [3.63, 3.8) is 0 Å². The number of rotatable bonds is 3. The first-order valence-corrected chi connectivity index (χ1v) is 11.9. The van der Waals surface area contributed by atoms with Crippen molar-refractivity contribution < 1.29 is 30.9 Å². The third-order valence-corrected chi connectivity index (χ3v) is 7.44. The Morgan fingerprint density at radius 3 is 1.71 bits per heavy atom. The van der Waals surface area contributed by atoms with E-state index >= 15 is 0 Å². The molecule has 0 aliphatic carbocycles. The quantitative estimate of drug-likeness (QED) is 0.263. The van der Waals surface area contributed by atoms with E-state index in [1.54, 1.807) is 6.07 Å². The summed E-state index contributed by atoms with van der Waals surface area (Å²) in [5.41, 5.74) is -6.25. The fraction of sp³-hybridized carbons (Fsp3) is 0.280. The van der Waals surface area contributed by atoms with E-state index in [1.807, 2.05) is 82.3 Å². The number of benzene rings is 4. The van der Waals surface area contributed by atoms with Gasteiger partial charge in [0, 0.05) is 10.8 Å². The number of hydrogen-bond donors (Lipinski definition) is 0. The normalized spacial score (nSPS) is 18.6. The molecule has 0 radical (unpaired) electrons. The molecule has 0 aromatic heterocycles. The highest BCUT2D eigenvalue weighted by atomic mass is 32.2. The fourth-order valence-electron chi connectivity index (χ4n) is 4.35. The summed E-state index contributed by atoms with van der Waals surface area (Å²) in [6.07, 6.45) is 0. The molecule has 4 aromatic carbocycles. The van der Waals surface area contributed by atoms with Gasteiger partial charge in [0.15, 0.2) is 0 Å². The van der Waals surface area contributed by atoms with Gasteiger partial charge >= 0.3 is 23.7 Å². The molecular weight excluding hydrogens is 464 g/mol. The molecule has 34 heavy (non-hydrogen) atoms. The number of hydrogen-bond acceptors (Lipinski definition) is 4. The molecule has 4 aromatic rings. The molecule has 0 bridgehead atoms. The van der Waals surface area contributed by atoms with Crippen molar-refractivity contribution >= 4 is 56.0 Å². The highest BCUT2D eigenvalue weighted by Crippen LogP contribution is 2.42. The molecule has 4 nitrogen and oxygen atoms in total. The molecule has 1 aliphatic rings. The third kappa shape index (κ3) is 3.57. The lowest BCUT2D eigenvalue weighted by molar-refractivity contribution is -0.0437. The summed E-state index contributed by atoms with van der Waals surface area (Å²) in [4.78, 5) is 0. The lowest BCUT2D eigenvalue weighted by atomic mass is 9.76. The average Bonchev–Trinajstić information content (AvgIpc) is 2.99. The van der Waals surface area contributed by atoms with Crippen LogP contribution >= 0.6 is 0 Å². The van der Waals surface area contributed by atoms with Crippen molar-refractivity contribution in [2.24, 2.45) is 0 Å². The summed E-state index contributed by atoms with van der Waals surface area (Å²) in [6, 6.07) is 18.5. The standard InChI is InChI=1S/C25H22BF3O4S/c1-23(2)24(3,4)33-26(32-23)20-14-13-19-17-11-6-5-9-15(17)16-10-7-8-12-18(16)21(19)22(20)31-34(30)25(27,28)29/h5-14H,1-4H3. The molecule has 1 unspecified atom stereocenters. The van der Waals surface area contributed by atoms with Crippen LogP contribution in [0.25, 0.3) is 32.3 Å². The lowest BCUT2D eigenvalue weighted by Crippen LogP contribution is -2.41. The first-order chi connectivity index (χ1) is 15.9. The first kappa shape index (κ1) is 23.1. The minimum absolute atomic E-state index is 0.159. The van der Waals surface area contributed by atoms with E-state index in [0.717, 1.165) is 16.2 Å². The minimum Gasteiger partial charge on any atom is -0.399 e. The van der Waals surface area contributed by atoms with Crippen LogP contribution in [0.15, 0.2) is 60.7 Å². The Balaban J connectivity index is 1.87. The van der Waals surface area contributed by atoms with Gasteiger partial charge < -0.3 is 13.5 Å². The summed E-state index contributed by atoms with van der Waals surface area (Å²) in [5.74, 6) is -0.159. The highest BCUT2D eigenvalue weighted by molar-refractivity contribution is 7.81. The molecule has 1 atom stereocenters. The van der Waals surface area contributed by atoms with E-state index in [9.17, 15) is 17.4 Å². The van der Waals surface area contributed by atoms with Gasteiger partial charge in [-0.2, -0.15) is 13.2 Å². The van der Waals surface area contributed by atoms with E-state index in [4.69, 9.17) is 13.5 Å². The van der Waals surface area contributed by atoms with Crippen LogP contribution in [0, 0.1) is 0 Å². The summed E-state index contributed by atoms with van der Waals surface area (Å²) in [6.45, 7) is 7.41. The second kappa shape index (κ2) is 7.70. The lowest BCUT2D eigenvalue weighted by Gasteiger charge is -2.32. The van der Waals surface area contributed by atoms with E-state index < -0.39 is 34.9 Å². The topological polar surface area (TPSA) is 44.8 Å². The summed E-state index contributed by atoms with van der Waals surface area (Å²) in [7, 11) is -1.00. The van der Waals surface area contributed by atoms with E-state index in [1.165, 1.54) is 0 Å². The zero-order valence-corrected chi connectivity index (χ0v) is 19.8. The number of alkyl halides is 3. The number of fused-ring (bicyclic) bond motifs is 6. The Hall–Kier alpha value is -2.62. The molecule has 176 valence electrons. The smallest absolute Gasteiger partial charge is 0.399 e.